The van der Waals surface area contributed by atoms with Crippen molar-refractivity contribution in [2.24, 2.45) is 0 Å². The van der Waals surface area contributed by atoms with Crippen LogP contribution in [0, 0.1) is 0 Å². The van der Waals surface area contributed by atoms with Gasteiger partial charge in [-0.05, 0) is 72.2 Å². The van der Waals surface area contributed by atoms with E-state index < -0.39 is 0 Å². The maximum Gasteiger partial charge on any atom is 0.0445 e. The lowest BCUT2D eigenvalue weighted by Gasteiger charge is -2.34. The fourth-order valence-electron chi connectivity index (χ4n) is 4.87. The lowest BCUT2D eigenvalue weighted by molar-refractivity contribution is 0.443. The second kappa shape index (κ2) is 9.28. The molecule has 0 bridgehead atoms. The number of rotatable bonds is 4. The zero-order valence-electron chi connectivity index (χ0n) is 17.2. The molecule has 0 N–H and O–H groups in total. The first kappa shape index (κ1) is 22.3. The number of hydrogen-bond acceptors (Lipinski definition) is 4. The van der Waals surface area contributed by atoms with Crippen molar-refractivity contribution in [3.63, 3.8) is 0 Å². The Morgan fingerprint density at radius 1 is 0.667 bits per heavy atom. The Balaban J connectivity index is 1.85. The van der Waals surface area contributed by atoms with Crippen LogP contribution in [0.2, 0.25) is 0 Å². The summed E-state index contributed by atoms with van der Waals surface area (Å²) in [4.78, 5) is 3.69. The quantitative estimate of drug-likeness (QED) is 0.215. The van der Waals surface area contributed by atoms with Crippen LogP contribution < -0.4 is 0 Å². The third kappa shape index (κ3) is 4.34. The van der Waals surface area contributed by atoms with Crippen molar-refractivity contribution in [3.05, 3.63) is 82.9 Å². The Morgan fingerprint density at radius 3 is 1.63 bits per heavy atom. The molecule has 0 aromatic heterocycles. The van der Waals surface area contributed by atoms with Crippen molar-refractivity contribution in [3.8, 4) is 0 Å². The van der Waals surface area contributed by atoms with Crippen LogP contribution in [0.4, 0.5) is 0 Å². The minimum absolute atomic E-state index is 0.387. The molecular formula is C26H28S4. The Kier molecular flexibility index (Phi) is 6.88. The van der Waals surface area contributed by atoms with E-state index in [0.717, 1.165) is 30.7 Å². The molecule has 0 amide bonds. The summed E-state index contributed by atoms with van der Waals surface area (Å²) in [6, 6.07) is 21.7. The van der Waals surface area contributed by atoms with Gasteiger partial charge in [-0.1, -0.05) is 55.7 Å². The fraction of sp³-hybridized carbons (Fsp3) is 0.308. The molecule has 0 radical (unpaired) electrons. The van der Waals surface area contributed by atoms with Crippen LogP contribution >= 0.6 is 50.5 Å². The third-order valence-corrected chi connectivity index (χ3v) is 7.90. The highest BCUT2D eigenvalue weighted by atomic mass is 32.1. The molecule has 0 heterocycles. The van der Waals surface area contributed by atoms with Crippen LogP contribution in [-0.4, -0.2) is 0 Å². The van der Waals surface area contributed by atoms with Gasteiger partial charge in [-0.15, -0.1) is 50.5 Å². The molecule has 0 atom stereocenters. The van der Waals surface area contributed by atoms with E-state index in [4.69, 9.17) is 25.3 Å². The van der Waals surface area contributed by atoms with Crippen molar-refractivity contribution in [2.45, 2.75) is 69.9 Å². The van der Waals surface area contributed by atoms with E-state index in [2.05, 4.69) is 68.6 Å². The Hall–Kier alpha value is -0.940. The van der Waals surface area contributed by atoms with E-state index in [1.165, 1.54) is 43.2 Å². The molecule has 30 heavy (non-hydrogen) atoms. The van der Waals surface area contributed by atoms with Crippen LogP contribution in [0.25, 0.3) is 0 Å². The SMILES string of the molecule is CC(c1ccc(C2CCCCC2)cc1)(c1ccc(S)cc1S)c1ccc(S)cc1S. The van der Waals surface area contributed by atoms with Gasteiger partial charge in [0.25, 0.3) is 0 Å². The molecule has 0 unspecified atom stereocenters. The van der Waals surface area contributed by atoms with Crippen molar-refractivity contribution >= 4 is 50.5 Å². The van der Waals surface area contributed by atoms with Gasteiger partial charge < -0.3 is 0 Å². The molecule has 3 aromatic carbocycles. The molecule has 0 nitrogen and oxygen atoms in total. The summed E-state index contributed by atoms with van der Waals surface area (Å²) in [5.74, 6) is 0.701. The average Bonchev–Trinajstić information content (AvgIpc) is 2.74. The Bertz CT molecular complexity index is 982. The highest BCUT2D eigenvalue weighted by molar-refractivity contribution is 7.81. The van der Waals surface area contributed by atoms with E-state index in [9.17, 15) is 0 Å². The van der Waals surface area contributed by atoms with Gasteiger partial charge in [0.1, 0.15) is 0 Å². The highest BCUT2D eigenvalue weighted by Crippen LogP contribution is 2.45. The minimum Gasteiger partial charge on any atom is -0.143 e. The summed E-state index contributed by atoms with van der Waals surface area (Å²) in [6.07, 6.45) is 6.70. The molecular weight excluding hydrogens is 441 g/mol. The first-order valence-electron chi connectivity index (χ1n) is 10.5. The lowest BCUT2D eigenvalue weighted by atomic mass is 9.70. The van der Waals surface area contributed by atoms with E-state index in [1.807, 2.05) is 24.3 Å². The highest BCUT2D eigenvalue weighted by Gasteiger charge is 2.34. The van der Waals surface area contributed by atoms with E-state index >= 15 is 0 Å². The zero-order valence-corrected chi connectivity index (χ0v) is 20.8. The van der Waals surface area contributed by atoms with Crippen molar-refractivity contribution in [1.29, 1.82) is 0 Å². The van der Waals surface area contributed by atoms with Gasteiger partial charge in [0.05, 0.1) is 0 Å². The van der Waals surface area contributed by atoms with Gasteiger partial charge in [0, 0.05) is 25.0 Å². The van der Waals surface area contributed by atoms with E-state index in [0.29, 0.717) is 5.92 Å². The van der Waals surface area contributed by atoms with Crippen molar-refractivity contribution in [1.82, 2.24) is 0 Å². The molecule has 0 saturated heterocycles. The predicted octanol–water partition coefficient (Wildman–Crippen LogP) is 8.24. The molecule has 3 aromatic rings. The Labute approximate surface area is 202 Å². The standard InChI is InChI=1S/C26H28S4/c1-26(22-13-11-20(27)15-24(22)29,23-14-12-21(28)16-25(23)30)19-9-7-18(8-10-19)17-5-3-2-4-6-17/h7-17,27-30H,2-6H2,1H3. The van der Waals surface area contributed by atoms with Crippen molar-refractivity contribution in [2.75, 3.05) is 0 Å². The predicted molar refractivity (Wildman–Crippen MR) is 140 cm³/mol. The molecule has 156 valence electrons. The average molecular weight is 469 g/mol. The number of thiol groups is 4. The maximum atomic E-state index is 4.83. The fourth-order valence-corrected chi connectivity index (χ4v) is 6.35. The van der Waals surface area contributed by atoms with Crippen LogP contribution in [0.15, 0.2) is 80.2 Å². The molecule has 0 spiro atoms. The van der Waals surface area contributed by atoms with Gasteiger partial charge in [-0.3, -0.25) is 0 Å². The largest absolute Gasteiger partial charge is 0.143 e. The second-order valence-corrected chi connectivity index (χ2v) is 10.5. The van der Waals surface area contributed by atoms with Crippen LogP contribution in [0.5, 0.6) is 0 Å². The lowest BCUT2D eigenvalue weighted by Crippen LogP contribution is -2.27. The zero-order chi connectivity index (χ0) is 21.3. The first-order valence-corrected chi connectivity index (χ1v) is 12.3. The maximum absolute atomic E-state index is 4.83. The third-order valence-electron chi connectivity index (χ3n) is 6.60. The number of hydrogen-bond donors (Lipinski definition) is 4. The van der Waals surface area contributed by atoms with Gasteiger partial charge in [0.15, 0.2) is 0 Å². The summed E-state index contributed by atoms with van der Waals surface area (Å²) in [5, 5.41) is 0. The summed E-state index contributed by atoms with van der Waals surface area (Å²) >= 11 is 18.7. The molecule has 4 rings (SSSR count). The normalized spacial score (nSPS) is 15.4. The smallest absolute Gasteiger partial charge is 0.0445 e. The summed E-state index contributed by atoms with van der Waals surface area (Å²) in [7, 11) is 0. The van der Waals surface area contributed by atoms with E-state index in [-0.39, 0.29) is 5.41 Å². The van der Waals surface area contributed by atoms with Gasteiger partial charge in [-0.2, -0.15) is 0 Å². The van der Waals surface area contributed by atoms with Crippen LogP contribution in [0.3, 0.4) is 0 Å². The molecule has 1 aliphatic carbocycles. The molecule has 1 aliphatic rings. The topological polar surface area (TPSA) is 0 Å². The first-order chi connectivity index (χ1) is 14.4. The second-order valence-electron chi connectivity index (χ2n) is 8.48. The number of benzene rings is 3. The van der Waals surface area contributed by atoms with Crippen LogP contribution in [0.1, 0.15) is 67.2 Å². The van der Waals surface area contributed by atoms with Gasteiger partial charge in [-0.25, -0.2) is 0 Å². The van der Waals surface area contributed by atoms with E-state index in [1.54, 1.807) is 0 Å². The summed E-state index contributed by atoms with van der Waals surface area (Å²) < 4.78 is 0. The molecule has 0 aliphatic heterocycles. The summed E-state index contributed by atoms with van der Waals surface area (Å²) in [5.41, 5.74) is 4.62. The molecule has 1 saturated carbocycles. The molecule has 1 fully saturated rings. The van der Waals surface area contributed by atoms with Gasteiger partial charge >= 0.3 is 0 Å². The van der Waals surface area contributed by atoms with Crippen molar-refractivity contribution < 1.29 is 0 Å². The minimum atomic E-state index is -0.387. The molecule has 4 heteroatoms. The summed E-state index contributed by atoms with van der Waals surface area (Å²) in [6.45, 7) is 2.27. The monoisotopic (exact) mass is 468 g/mol. The van der Waals surface area contributed by atoms with Crippen LogP contribution in [-0.2, 0) is 5.41 Å². The Morgan fingerprint density at radius 2 is 1.17 bits per heavy atom. The van der Waals surface area contributed by atoms with Gasteiger partial charge in [0.2, 0.25) is 0 Å².